The molecule has 0 atom stereocenters. The molecule has 0 fully saturated rings. The van der Waals surface area contributed by atoms with Crippen LogP contribution in [0.15, 0.2) is 0 Å². The van der Waals surface area contributed by atoms with Crippen molar-refractivity contribution in [3.05, 3.63) is 0 Å². The van der Waals surface area contributed by atoms with E-state index in [0.717, 1.165) is 18.3 Å². The third kappa shape index (κ3) is 4.45. The van der Waals surface area contributed by atoms with Crippen molar-refractivity contribution in [1.82, 2.24) is 5.32 Å². The van der Waals surface area contributed by atoms with Crippen LogP contribution >= 0.6 is 15.9 Å². The average Bonchev–Trinajstić information content (AvgIpc) is 2.14. The van der Waals surface area contributed by atoms with E-state index in [1.165, 1.54) is 0 Å². The Hall–Kier alpha value is -0.0500. The van der Waals surface area contributed by atoms with Gasteiger partial charge in [-0.15, -0.1) is 0 Å². The Balaban J connectivity index is 4.10. The summed E-state index contributed by atoms with van der Waals surface area (Å²) in [5, 5.41) is 3.89. The van der Waals surface area contributed by atoms with Gasteiger partial charge in [0.05, 0.1) is 0 Å². The van der Waals surface area contributed by atoms with Gasteiger partial charge >= 0.3 is 0 Å². The minimum Gasteiger partial charge on any atom is -0.355 e. The normalized spacial score (nSPS) is 12.7. The molecule has 0 radical (unpaired) electrons. The number of hydrogen-bond acceptors (Lipinski definition) is 1. The Morgan fingerprint density at radius 1 is 1.29 bits per heavy atom. The van der Waals surface area contributed by atoms with E-state index < -0.39 is 0 Å². The van der Waals surface area contributed by atoms with Gasteiger partial charge in [0.1, 0.15) is 0 Å². The number of alkyl halides is 1. The molecule has 0 aromatic carbocycles. The second-order valence-corrected chi connectivity index (χ2v) is 5.78. The predicted octanol–water partition coefficient (Wildman–Crippen LogP) is 2.96. The highest BCUT2D eigenvalue weighted by atomic mass is 79.9. The number of carbonyl (C=O) groups is 1. The number of halogens is 1. The summed E-state index contributed by atoms with van der Waals surface area (Å²) in [6.07, 6.45) is 0.869. The minimum absolute atomic E-state index is 0.124. The lowest BCUT2D eigenvalue weighted by atomic mass is 9.88. The van der Waals surface area contributed by atoms with Crippen molar-refractivity contribution in [2.75, 3.05) is 11.9 Å². The van der Waals surface area contributed by atoms with E-state index in [-0.39, 0.29) is 16.7 Å². The Morgan fingerprint density at radius 2 is 1.79 bits per heavy atom. The van der Waals surface area contributed by atoms with E-state index in [4.69, 9.17) is 0 Å². The highest BCUT2D eigenvalue weighted by Crippen LogP contribution is 2.21. The summed E-state index contributed by atoms with van der Waals surface area (Å²) in [4.78, 5) is 11.7. The van der Waals surface area contributed by atoms with Crippen molar-refractivity contribution in [1.29, 1.82) is 0 Å². The van der Waals surface area contributed by atoms with Crippen LogP contribution in [0.1, 0.15) is 41.0 Å². The van der Waals surface area contributed by atoms with Gasteiger partial charge in [-0.25, -0.2) is 0 Å². The average molecular weight is 264 g/mol. The number of nitrogens with one attached hydrogen (secondary N) is 1. The molecular formula is C11H22BrNO. The van der Waals surface area contributed by atoms with Gasteiger partial charge < -0.3 is 5.32 Å². The molecule has 0 aliphatic rings. The molecule has 0 aliphatic carbocycles. The molecule has 0 aromatic heterocycles. The molecular weight excluding hydrogens is 242 g/mol. The van der Waals surface area contributed by atoms with Gasteiger partial charge in [-0.1, -0.05) is 50.5 Å². The van der Waals surface area contributed by atoms with Crippen LogP contribution in [0.5, 0.6) is 0 Å². The third-order valence-corrected chi connectivity index (χ3v) is 4.11. The first-order valence-electron chi connectivity index (χ1n) is 5.09. The topological polar surface area (TPSA) is 29.1 Å². The van der Waals surface area contributed by atoms with Crippen LogP contribution in [0.3, 0.4) is 0 Å². The highest BCUT2D eigenvalue weighted by Gasteiger charge is 2.26. The minimum atomic E-state index is -0.248. The maximum absolute atomic E-state index is 11.7. The molecule has 0 spiro atoms. The number of carbonyl (C=O) groups excluding carboxylic acids is 1. The molecule has 0 saturated carbocycles. The van der Waals surface area contributed by atoms with Gasteiger partial charge in [0.15, 0.2) is 0 Å². The van der Waals surface area contributed by atoms with E-state index in [1.54, 1.807) is 0 Å². The fraction of sp³-hybridized carbons (Fsp3) is 0.909. The van der Waals surface area contributed by atoms with Crippen molar-refractivity contribution < 1.29 is 4.79 Å². The van der Waals surface area contributed by atoms with E-state index in [0.29, 0.717) is 0 Å². The summed E-state index contributed by atoms with van der Waals surface area (Å²) in [6.45, 7) is 11.0. The number of hydrogen-bond donors (Lipinski definition) is 1. The monoisotopic (exact) mass is 263 g/mol. The van der Waals surface area contributed by atoms with Crippen molar-refractivity contribution in [2.45, 2.75) is 41.0 Å². The van der Waals surface area contributed by atoms with Gasteiger partial charge in [0.2, 0.25) is 5.91 Å². The van der Waals surface area contributed by atoms with Crippen LogP contribution in [0.25, 0.3) is 0 Å². The van der Waals surface area contributed by atoms with Crippen molar-refractivity contribution in [3.8, 4) is 0 Å². The summed E-state index contributed by atoms with van der Waals surface area (Å²) in [5.41, 5.74) is -0.123. The zero-order chi connectivity index (χ0) is 11.4. The first-order valence-corrected chi connectivity index (χ1v) is 6.21. The Kier molecular flexibility index (Phi) is 5.13. The van der Waals surface area contributed by atoms with E-state index >= 15 is 0 Å². The molecule has 0 rings (SSSR count). The van der Waals surface area contributed by atoms with Crippen molar-refractivity contribution in [2.24, 2.45) is 10.8 Å². The second-order valence-electron chi connectivity index (χ2n) is 5.22. The molecule has 2 nitrogen and oxygen atoms in total. The van der Waals surface area contributed by atoms with Gasteiger partial charge in [-0.05, 0) is 11.8 Å². The molecule has 0 aliphatic heterocycles. The number of amides is 1. The smallest absolute Gasteiger partial charge is 0.225 e. The summed E-state index contributed by atoms with van der Waals surface area (Å²) in [6, 6.07) is 0. The van der Waals surface area contributed by atoms with E-state index in [1.807, 2.05) is 20.8 Å². The summed E-state index contributed by atoms with van der Waals surface area (Å²) < 4.78 is 0. The first kappa shape index (κ1) is 13.9. The van der Waals surface area contributed by atoms with Crippen LogP contribution in [0, 0.1) is 10.8 Å². The van der Waals surface area contributed by atoms with Crippen LogP contribution in [0.4, 0.5) is 0 Å². The maximum atomic E-state index is 11.7. The van der Waals surface area contributed by atoms with Gasteiger partial charge in [0, 0.05) is 17.3 Å². The van der Waals surface area contributed by atoms with Crippen LogP contribution in [0.2, 0.25) is 0 Å². The molecule has 1 amide bonds. The zero-order valence-corrected chi connectivity index (χ0v) is 11.5. The van der Waals surface area contributed by atoms with Crippen LogP contribution in [-0.4, -0.2) is 17.8 Å². The standard InChI is InChI=1S/C11H22BrNO/c1-6-11(4,5)9(14)13-8-10(2,3)7-12/h6-8H2,1-5H3,(H,13,14). The highest BCUT2D eigenvalue weighted by molar-refractivity contribution is 9.09. The Morgan fingerprint density at radius 3 is 2.14 bits per heavy atom. The molecule has 0 bridgehead atoms. The summed E-state index contributed by atoms with van der Waals surface area (Å²) in [5.74, 6) is 0.147. The Labute approximate surface area is 96.0 Å². The molecule has 1 N–H and O–H groups in total. The molecule has 0 saturated heterocycles. The lowest BCUT2D eigenvalue weighted by molar-refractivity contribution is -0.129. The quantitative estimate of drug-likeness (QED) is 0.760. The van der Waals surface area contributed by atoms with E-state index in [2.05, 4.69) is 35.1 Å². The molecule has 14 heavy (non-hydrogen) atoms. The molecule has 84 valence electrons. The molecule has 0 unspecified atom stereocenters. The second kappa shape index (κ2) is 5.15. The zero-order valence-electron chi connectivity index (χ0n) is 9.91. The van der Waals surface area contributed by atoms with E-state index in [9.17, 15) is 4.79 Å². The fourth-order valence-corrected chi connectivity index (χ4v) is 0.965. The molecule has 0 aromatic rings. The Bertz CT molecular complexity index is 199. The lowest BCUT2D eigenvalue weighted by Crippen LogP contribution is -2.41. The van der Waals surface area contributed by atoms with Gasteiger partial charge in [-0.3, -0.25) is 4.79 Å². The predicted molar refractivity (Wildman–Crippen MR) is 64.7 cm³/mol. The molecule has 0 heterocycles. The van der Waals surface area contributed by atoms with Gasteiger partial charge in [-0.2, -0.15) is 0 Å². The number of rotatable bonds is 5. The molecule has 3 heteroatoms. The van der Waals surface area contributed by atoms with Gasteiger partial charge in [0.25, 0.3) is 0 Å². The maximum Gasteiger partial charge on any atom is 0.225 e. The van der Waals surface area contributed by atoms with Crippen molar-refractivity contribution >= 4 is 21.8 Å². The SMILES string of the molecule is CCC(C)(C)C(=O)NCC(C)(C)CBr. The third-order valence-electron chi connectivity index (χ3n) is 2.59. The summed E-state index contributed by atoms with van der Waals surface area (Å²) in [7, 11) is 0. The van der Waals surface area contributed by atoms with Crippen molar-refractivity contribution in [3.63, 3.8) is 0 Å². The largest absolute Gasteiger partial charge is 0.355 e. The first-order chi connectivity index (χ1) is 6.25. The summed E-state index contributed by atoms with van der Waals surface area (Å²) >= 11 is 3.44. The van der Waals surface area contributed by atoms with Crippen LogP contribution in [-0.2, 0) is 4.79 Å². The fourth-order valence-electron chi connectivity index (χ4n) is 0.767. The van der Waals surface area contributed by atoms with Crippen LogP contribution < -0.4 is 5.32 Å². The lowest BCUT2D eigenvalue weighted by Gasteiger charge is -2.26.